The second kappa shape index (κ2) is 5.98. The van der Waals surface area contributed by atoms with Gasteiger partial charge in [-0.15, -0.1) is 4.52 Å². The predicted molar refractivity (Wildman–Crippen MR) is 41.3 cm³/mol. The summed E-state index contributed by atoms with van der Waals surface area (Å²) in [5, 5.41) is 0. The molecular formula is C6H4F10O3P+. The molecule has 0 saturated carbocycles. The van der Waals surface area contributed by atoms with E-state index in [2.05, 4.69) is 9.05 Å². The molecule has 0 radical (unpaired) electrons. The summed E-state index contributed by atoms with van der Waals surface area (Å²) in [6.45, 7) is -1.52. The normalized spacial score (nSPS) is 15.4. The molecule has 0 aromatic rings. The van der Waals surface area contributed by atoms with Gasteiger partial charge in [0, 0.05) is 4.57 Å². The van der Waals surface area contributed by atoms with Crippen LogP contribution in [0.25, 0.3) is 0 Å². The molecule has 0 rings (SSSR count). The lowest BCUT2D eigenvalue weighted by atomic mass is 10.3. The van der Waals surface area contributed by atoms with Gasteiger partial charge in [0.2, 0.25) is 0 Å². The summed E-state index contributed by atoms with van der Waals surface area (Å²) in [6, 6.07) is 0. The van der Waals surface area contributed by atoms with Gasteiger partial charge in [-0.2, -0.15) is 43.9 Å². The Morgan fingerprint density at radius 3 is 1.65 bits per heavy atom. The molecule has 1 unspecified atom stereocenters. The van der Waals surface area contributed by atoms with Gasteiger partial charge in [0.05, 0.1) is 6.42 Å². The van der Waals surface area contributed by atoms with Crippen LogP contribution in [0.2, 0.25) is 0 Å². The summed E-state index contributed by atoms with van der Waals surface area (Å²) in [5.74, 6) is -6.70. The summed E-state index contributed by atoms with van der Waals surface area (Å²) >= 11 is 0. The third-order valence-electron chi connectivity index (χ3n) is 1.49. The highest BCUT2D eigenvalue weighted by molar-refractivity contribution is 7.33. The number of hydrogen-bond donors (Lipinski definition) is 0. The van der Waals surface area contributed by atoms with Crippen LogP contribution in [0.1, 0.15) is 6.42 Å². The van der Waals surface area contributed by atoms with Crippen molar-refractivity contribution in [3.05, 3.63) is 0 Å². The highest BCUT2D eigenvalue weighted by Crippen LogP contribution is 2.50. The van der Waals surface area contributed by atoms with Crippen molar-refractivity contribution in [3.63, 3.8) is 0 Å². The first-order valence-corrected chi connectivity index (χ1v) is 5.38. The van der Waals surface area contributed by atoms with Gasteiger partial charge in [-0.25, -0.2) is 0 Å². The second-order valence-electron chi connectivity index (χ2n) is 3.10. The predicted octanol–water partition coefficient (Wildman–Crippen LogP) is 4.42. The Bertz CT molecular complexity index is 348. The highest BCUT2D eigenvalue weighted by atomic mass is 31.1. The lowest BCUT2D eigenvalue weighted by Gasteiger charge is -2.23. The third kappa shape index (κ3) is 5.37. The third-order valence-corrected chi connectivity index (χ3v) is 2.26. The number of hydrogen-bond acceptors (Lipinski definition) is 3. The monoisotopic (exact) mass is 345 g/mol. The fourth-order valence-corrected chi connectivity index (χ4v) is 1.17. The first-order valence-electron chi connectivity index (χ1n) is 4.28. The van der Waals surface area contributed by atoms with Gasteiger partial charge < -0.3 is 0 Å². The minimum absolute atomic E-state index is 1.52. The fourth-order valence-electron chi connectivity index (χ4n) is 0.578. The topological polar surface area (TPSA) is 35.5 Å². The van der Waals surface area contributed by atoms with Gasteiger partial charge >= 0.3 is 32.6 Å². The molecule has 0 heterocycles. The Balaban J connectivity index is 4.58. The van der Waals surface area contributed by atoms with Crippen LogP contribution < -0.4 is 0 Å². The van der Waals surface area contributed by atoms with E-state index < -0.39 is 45.7 Å². The quantitative estimate of drug-likeness (QED) is 0.528. The van der Waals surface area contributed by atoms with Crippen molar-refractivity contribution in [2.45, 2.75) is 30.8 Å². The van der Waals surface area contributed by atoms with Crippen LogP contribution >= 0.6 is 8.25 Å². The molecular weight excluding hydrogens is 341 g/mol. The molecule has 0 amide bonds. The summed E-state index contributed by atoms with van der Waals surface area (Å²) in [7, 11) is -4.31. The molecule has 20 heavy (non-hydrogen) atoms. The molecule has 0 bridgehead atoms. The molecule has 0 aliphatic rings. The zero-order valence-electron chi connectivity index (χ0n) is 8.87. The van der Waals surface area contributed by atoms with Crippen molar-refractivity contribution >= 4 is 8.25 Å². The van der Waals surface area contributed by atoms with Crippen LogP contribution in [0, 0.1) is 0 Å². The molecule has 120 valence electrons. The minimum atomic E-state index is -6.72. The van der Waals surface area contributed by atoms with E-state index in [-0.39, 0.29) is 0 Å². The van der Waals surface area contributed by atoms with Crippen LogP contribution in [0.3, 0.4) is 0 Å². The van der Waals surface area contributed by atoms with E-state index in [0.717, 1.165) is 0 Å². The largest absolute Gasteiger partial charge is 0.703 e. The summed E-state index contributed by atoms with van der Waals surface area (Å²) in [6.07, 6.45) is -19.6. The van der Waals surface area contributed by atoms with Crippen LogP contribution in [0.15, 0.2) is 0 Å². The van der Waals surface area contributed by atoms with Crippen molar-refractivity contribution in [3.8, 4) is 0 Å². The lowest BCUT2D eigenvalue weighted by Crippen LogP contribution is -2.52. The van der Waals surface area contributed by atoms with E-state index in [1.54, 1.807) is 0 Å². The van der Waals surface area contributed by atoms with E-state index in [1.807, 2.05) is 0 Å². The average Bonchev–Trinajstić information content (AvgIpc) is 2.11. The molecule has 0 fully saturated rings. The smallest absolute Gasteiger partial charge is 0.186 e. The van der Waals surface area contributed by atoms with Crippen LogP contribution in [0.5, 0.6) is 0 Å². The first kappa shape index (κ1) is 19.3. The molecule has 0 saturated heterocycles. The molecule has 3 nitrogen and oxygen atoms in total. The average molecular weight is 345 g/mol. The van der Waals surface area contributed by atoms with Crippen molar-refractivity contribution in [1.82, 2.24) is 0 Å². The van der Waals surface area contributed by atoms with Gasteiger partial charge in [-0.1, -0.05) is 0 Å². The molecule has 0 aromatic carbocycles. The van der Waals surface area contributed by atoms with E-state index in [9.17, 15) is 48.5 Å². The van der Waals surface area contributed by atoms with Gasteiger partial charge in [-0.3, -0.25) is 0 Å². The van der Waals surface area contributed by atoms with Gasteiger partial charge in [-0.05, 0) is 4.52 Å². The van der Waals surface area contributed by atoms with Crippen molar-refractivity contribution < 1.29 is 57.5 Å². The Morgan fingerprint density at radius 2 is 1.30 bits per heavy atom. The van der Waals surface area contributed by atoms with Crippen molar-refractivity contribution in [2.75, 3.05) is 6.61 Å². The number of rotatable bonds is 6. The van der Waals surface area contributed by atoms with Crippen molar-refractivity contribution in [1.29, 1.82) is 0 Å². The molecule has 1 atom stereocenters. The lowest BCUT2D eigenvalue weighted by molar-refractivity contribution is -0.403. The van der Waals surface area contributed by atoms with E-state index in [0.29, 0.717) is 0 Å². The fraction of sp³-hybridized carbons (Fsp3) is 1.00. The maximum atomic E-state index is 12.4. The number of halogens is 10. The second-order valence-corrected chi connectivity index (χ2v) is 3.99. The minimum Gasteiger partial charge on any atom is -0.186 e. The van der Waals surface area contributed by atoms with Gasteiger partial charge in [0.15, 0.2) is 0 Å². The Labute approximate surface area is 104 Å². The molecule has 0 aromatic heterocycles. The Morgan fingerprint density at radius 1 is 0.850 bits per heavy atom. The summed E-state index contributed by atoms with van der Waals surface area (Å²) in [4.78, 5) is 0. The molecule has 0 N–H and O–H groups in total. The molecule has 0 aliphatic heterocycles. The first-order chi connectivity index (χ1) is 8.60. The Hall–Kier alpha value is -0.680. The highest BCUT2D eigenvalue weighted by Gasteiger charge is 2.77. The zero-order chi connectivity index (χ0) is 16.4. The van der Waals surface area contributed by atoms with Crippen LogP contribution in [-0.2, 0) is 13.6 Å². The zero-order valence-corrected chi connectivity index (χ0v) is 9.76. The SMILES string of the molecule is O=[P+](OCCC(F)(F)F)OC(F)(F)C(F)(F)C(F)(F)F. The van der Waals surface area contributed by atoms with Gasteiger partial charge in [0.25, 0.3) is 0 Å². The standard InChI is InChI=1S/C6H4F10O3P/c7-3(8,9)1-2-18-20(17)19-6(15,16)4(10,11)5(12,13)14/h1-2H2/q+1. The van der Waals surface area contributed by atoms with E-state index >= 15 is 0 Å². The maximum Gasteiger partial charge on any atom is 0.703 e. The van der Waals surface area contributed by atoms with Crippen LogP contribution in [-0.4, -0.2) is 31.0 Å². The summed E-state index contributed by atoms with van der Waals surface area (Å²) in [5.41, 5.74) is 0. The molecule has 0 aliphatic carbocycles. The van der Waals surface area contributed by atoms with Crippen LogP contribution in [0.4, 0.5) is 43.9 Å². The van der Waals surface area contributed by atoms with E-state index in [1.165, 1.54) is 0 Å². The number of alkyl halides is 10. The van der Waals surface area contributed by atoms with Crippen molar-refractivity contribution in [2.24, 2.45) is 0 Å². The van der Waals surface area contributed by atoms with Gasteiger partial charge in [0.1, 0.15) is 6.61 Å². The summed E-state index contributed by atoms with van der Waals surface area (Å²) < 4.78 is 135. The van der Waals surface area contributed by atoms with E-state index in [4.69, 9.17) is 0 Å². The Kier molecular flexibility index (Phi) is 5.77. The molecule has 14 heteroatoms. The molecule has 0 spiro atoms. The maximum absolute atomic E-state index is 12.4.